The number of rotatable bonds is 8. The summed E-state index contributed by atoms with van der Waals surface area (Å²) in [5.41, 5.74) is 1.71. The molecule has 120 valence electrons. The Balaban J connectivity index is 2.25. The Bertz CT molecular complexity index is 506. The third kappa shape index (κ3) is 8.04. The van der Waals surface area contributed by atoms with Crippen LogP contribution in [0.3, 0.4) is 0 Å². The summed E-state index contributed by atoms with van der Waals surface area (Å²) >= 11 is 0. The molecular formula is C16H20O6. The molecule has 6 heteroatoms. The van der Waals surface area contributed by atoms with Crippen molar-refractivity contribution in [2.24, 2.45) is 0 Å². The molecule has 0 bridgehead atoms. The lowest BCUT2D eigenvalue weighted by molar-refractivity contribution is -0.147. The Labute approximate surface area is 129 Å². The zero-order valence-electron chi connectivity index (χ0n) is 12.8. The Morgan fingerprint density at radius 3 is 1.82 bits per heavy atom. The van der Waals surface area contributed by atoms with Gasteiger partial charge in [-0.3, -0.25) is 14.4 Å². The van der Waals surface area contributed by atoms with Gasteiger partial charge >= 0.3 is 17.9 Å². The van der Waals surface area contributed by atoms with Crippen molar-refractivity contribution < 1.29 is 28.6 Å². The van der Waals surface area contributed by atoms with Crippen molar-refractivity contribution in [1.82, 2.24) is 0 Å². The van der Waals surface area contributed by atoms with Gasteiger partial charge in [-0.15, -0.1) is 0 Å². The van der Waals surface area contributed by atoms with Gasteiger partial charge in [0.2, 0.25) is 0 Å². The summed E-state index contributed by atoms with van der Waals surface area (Å²) in [4.78, 5) is 32.7. The van der Waals surface area contributed by atoms with E-state index in [1.165, 1.54) is 13.8 Å². The van der Waals surface area contributed by atoms with Crippen LogP contribution < -0.4 is 0 Å². The summed E-state index contributed by atoms with van der Waals surface area (Å²) in [6.45, 7) is 3.31. The van der Waals surface area contributed by atoms with E-state index in [0.29, 0.717) is 6.42 Å². The van der Waals surface area contributed by atoms with Gasteiger partial charge < -0.3 is 14.2 Å². The van der Waals surface area contributed by atoms with Crippen LogP contribution in [-0.2, 0) is 41.8 Å². The van der Waals surface area contributed by atoms with E-state index in [1.54, 1.807) is 0 Å². The predicted molar refractivity (Wildman–Crippen MR) is 77.6 cm³/mol. The van der Waals surface area contributed by atoms with Gasteiger partial charge in [0.25, 0.3) is 0 Å². The number of carbonyl (C=O) groups is 3. The third-order valence-electron chi connectivity index (χ3n) is 2.70. The molecule has 0 N–H and O–H groups in total. The molecule has 0 atom stereocenters. The average Bonchev–Trinajstić information content (AvgIpc) is 2.48. The van der Waals surface area contributed by atoms with Crippen molar-refractivity contribution in [3.05, 3.63) is 35.4 Å². The molecule has 0 unspecified atom stereocenters. The zero-order valence-corrected chi connectivity index (χ0v) is 12.8. The van der Waals surface area contributed by atoms with Crippen LogP contribution in [0.4, 0.5) is 0 Å². The lowest BCUT2D eigenvalue weighted by Gasteiger charge is -2.07. The standard InChI is InChI=1S/C16H20O6/c1-12(17)20-9-3-4-16(19)22-11-15-7-5-14(6-8-15)10-21-13(2)18/h5-8H,3-4,9-11H2,1-2H3. The van der Waals surface area contributed by atoms with E-state index in [9.17, 15) is 14.4 Å². The summed E-state index contributed by atoms with van der Waals surface area (Å²) in [6, 6.07) is 7.25. The molecule has 0 saturated carbocycles. The van der Waals surface area contributed by atoms with Crippen molar-refractivity contribution in [2.75, 3.05) is 6.61 Å². The van der Waals surface area contributed by atoms with Gasteiger partial charge in [0, 0.05) is 20.3 Å². The summed E-state index contributed by atoms with van der Waals surface area (Å²) in [5.74, 6) is -1.02. The third-order valence-corrected chi connectivity index (χ3v) is 2.70. The summed E-state index contributed by atoms with van der Waals surface area (Å²) in [6.07, 6.45) is 0.650. The number of ether oxygens (including phenoxy) is 3. The Morgan fingerprint density at radius 2 is 1.32 bits per heavy atom. The Hall–Kier alpha value is -2.37. The normalized spacial score (nSPS) is 9.91. The summed E-state index contributed by atoms with van der Waals surface area (Å²) < 4.78 is 14.7. The van der Waals surface area contributed by atoms with Crippen LogP contribution in [0, 0.1) is 0 Å². The van der Waals surface area contributed by atoms with E-state index in [0.717, 1.165) is 11.1 Å². The molecule has 6 nitrogen and oxygen atoms in total. The van der Waals surface area contributed by atoms with Gasteiger partial charge in [-0.25, -0.2) is 0 Å². The first kappa shape index (κ1) is 17.7. The molecule has 0 aromatic heterocycles. The SMILES string of the molecule is CC(=O)OCCCC(=O)OCc1ccc(COC(C)=O)cc1. The minimum Gasteiger partial charge on any atom is -0.466 e. The molecular weight excluding hydrogens is 288 g/mol. The van der Waals surface area contributed by atoms with Crippen molar-refractivity contribution in [3.8, 4) is 0 Å². The highest BCUT2D eigenvalue weighted by atomic mass is 16.5. The summed E-state index contributed by atoms with van der Waals surface area (Å²) in [7, 11) is 0. The summed E-state index contributed by atoms with van der Waals surface area (Å²) in [5, 5.41) is 0. The van der Waals surface area contributed by atoms with Gasteiger partial charge in [-0.2, -0.15) is 0 Å². The second-order valence-corrected chi connectivity index (χ2v) is 4.70. The average molecular weight is 308 g/mol. The van der Waals surface area contributed by atoms with E-state index < -0.39 is 0 Å². The quantitative estimate of drug-likeness (QED) is 0.416. The maximum Gasteiger partial charge on any atom is 0.306 e. The molecule has 0 aliphatic carbocycles. The molecule has 22 heavy (non-hydrogen) atoms. The van der Waals surface area contributed by atoms with Gasteiger partial charge in [0.15, 0.2) is 0 Å². The first-order chi connectivity index (χ1) is 10.5. The van der Waals surface area contributed by atoms with Gasteiger partial charge in [-0.05, 0) is 17.5 Å². The fourth-order valence-electron chi connectivity index (χ4n) is 1.59. The largest absolute Gasteiger partial charge is 0.466 e. The van der Waals surface area contributed by atoms with Crippen LogP contribution in [0.15, 0.2) is 24.3 Å². The number of hydrogen-bond acceptors (Lipinski definition) is 6. The lowest BCUT2D eigenvalue weighted by atomic mass is 10.1. The van der Waals surface area contributed by atoms with Crippen molar-refractivity contribution >= 4 is 17.9 Å². The molecule has 0 heterocycles. The van der Waals surface area contributed by atoms with Crippen LogP contribution in [0.2, 0.25) is 0 Å². The number of carbonyl (C=O) groups excluding carboxylic acids is 3. The van der Waals surface area contributed by atoms with Crippen LogP contribution in [0.1, 0.15) is 37.8 Å². The highest BCUT2D eigenvalue weighted by Gasteiger charge is 2.04. The van der Waals surface area contributed by atoms with E-state index in [2.05, 4.69) is 0 Å². The fourth-order valence-corrected chi connectivity index (χ4v) is 1.59. The Morgan fingerprint density at radius 1 is 0.818 bits per heavy atom. The van der Waals surface area contributed by atoms with E-state index in [1.807, 2.05) is 24.3 Å². The number of esters is 3. The smallest absolute Gasteiger partial charge is 0.306 e. The van der Waals surface area contributed by atoms with E-state index in [4.69, 9.17) is 14.2 Å². The monoisotopic (exact) mass is 308 g/mol. The van der Waals surface area contributed by atoms with E-state index >= 15 is 0 Å². The molecule has 0 aliphatic rings. The molecule has 0 fully saturated rings. The highest BCUT2D eigenvalue weighted by molar-refractivity contribution is 5.69. The van der Waals surface area contributed by atoms with Crippen molar-refractivity contribution in [3.63, 3.8) is 0 Å². The molecule has 1 aromatic carbocycles. The minimum absolute atomic E-state index is 0.181. The van der Waals surface area contributed by atoms with Crippen LogP contribution >= 0.6 is 0 Å². The molecule has 0 amide bonds. The van der Waals surface area contributed by atoms with Crippen LogP contribution in [-0.4, -0.2) is 24.5 Å². The molecule has 0 radical (unpaired) electrons. The fraction of sp³-hybridized carbons (Fsp3) is 0.438. The van der Waals surface area contributed by atoms with Crippen LogP contribution in [0.5, 0.6) is 0 Å². The van der Waals surface area contributed by atoms with Gasteiger partial charge in [-0.1, -0.05) is 24.3 Å². The molecule has 1 rings (SSSR count). The first-order valence-corrected chi connectivity index (χ1v) is 6.97. The number of benzene rings is 1. The lowest BCUT2D eigenvalue weighted by Crippen LogP contribution is -2.07. The topological polar surface area (TPSA) is 78.9 Å². The second kappa shape index (κ2) is 9.55. The predicted octanol–water partition coefficient (Wildman–Crippen LogP) is 2.14. The molecule has 1 aromatic rings. The van der Waals surface area contributed by atoms with E-state index in [-0.39, 0.29) is 44.1 Å². The van der Waals surface area contributed by atoms with Gasteiger partial charge in [0.1, 0.15) is 13.2 Å². The molecule has 0 aliphatic heterocycles. The highest BCUT2D eigenvalue weighted by Crippen LogP contribution is 2.08. The number of hydrogen-bond donors (Lipinski definition) is 0. The minimum atomic E-state index is -0.359. The first-order valence-electron chi connectivity index (χ1n) is 6.97. The molecule has 0 spiro atoms. The van der Waals surface area contributed by atoms with Crippen molar-refractivity contribution in [2.45, 2.75) is 39.9 Å². The maximum atomic E-state index is 11.5. The zero-order chi connectivity index (χ0) is 16.4. The maximum absolute atomic E-state index is 11.5. The molecule has 0 saturated heterocycles. The van der Waals surface area contributed by atoms with Crippen molar-refractivity contribution in [1.29, 1.82) is 0 Å². The van der Waals surface area contributed by atoms with Crippen LogP contribution in [0.25, 0.3) is 0 Å². The second-order valence-electron chi connectivity index (χ2n) is 4.70. The Kier molecular flexibility index (Phi) is 7.67. The van der Waals surface area contributed by atoms with Gasteiger partial charge in [0.05, 0.1) is 6.61 Å².